The monoisotopic (exact) mass is 195 g/mol. The third-order valence-corrected chi connectivity index (χ3v) is 2.09. The Kier molecular flexibility index (Phi) is 3.05. The van der Waals surface area contributed by atoms with E-state index in [1.54, 1.807) is 0 Å². The zero-order chi connectivity index (χ0) is 10.8. The first kappa shape index (κ1) is 10.9. The first-order valence-corrected chi connectivity index (χ1v) is 4.86. The predicted octanol–water partition coefficient (Wildman–Crippen LogP) is 1.92. The van der Waals surface area contributed by atoms with E-state index in [0.717, 1.165) is 12.8 Å². The van der Waals surface area contributed by atoms with Crippen LogP contribution in [-0.4, -0.2) is 17.7 Å². The summed E-state index contributed by atoms with van der Waals surface area (Å²) >= 11 is 0. The van der Waals surface area contributed by atoms with Crippen molar-refractivity contribution in [3.05, 3.63) is 0 Å². The van der Waals surface area contributed by atoms with Crippen LogP contribution in [0.25, 0.3) is 0 Å². The van der Waals surface area contributed by atoms with Crippen LogP contribution in [0.5, 0.6) is 0 Å². The second kappa shape index (κ2) is 3.91. The fourth-order valence-electron chi connectivity index (χ4n) is 1.35. The Bertz CT molecular complexity index is 253. The van der Waals surface area contributed by atoms with E-state index < -0.39 is 5.60 Å². The molecule has 0 aromatic heterocycles. The van der Waals surface area contributed by atoms with E-state index in [2.05, 4.69) is 11.2 Å². The van der Waals surface area contributed by atoms with Crippen LogP contribution < -0.4 is 5.32 Å². The van der Waals surface area contributed by atoms with E-state index in [9.17, 15) is 4.79 Å². The normalized spacial score (nSPS) is 25.9. The molecule has 1 rings (SSSR count). The van der Waals surface area contributed by atoms with Gasteiger partial charge in [-0.25, -0.2) is 4.79 Å². The molecule has 0 unspecified atom stereocenters. The highest BCUT2D eigenvalue weighted by molar-refractivity contribution is 5.68. The van der Waals surface area contributed by atoms with E-state index in [0.29, 0.717) is 5.92 Å². The average Bonchev–Trinajstić information content (AvgIpc) is 1.91. The molecule has 1 N–H and O–H groups in total. The Morgan fingerprint density at radius 3 is 2.50 bits per heavy atom. The van der Waals surface area contributed by atoms with Crippen LogP contribution in [-0.2, 0) is 4.74 Å². The van der Waals surface area contributed by atoms with Gasteiger partial charge in [0.05, 0.1) is 0 Å². The molecule has 1 aliphatic rings. The van der Waals surface area contributed by atoms with Crippen molar-refractivity contribution in [1.29, 1.82) is 0 Å². The fourth-order valence-corrected chi connectivity index (χ4v) is 1.35. The number of alkyl carbamates (subject to hydrolysis) is 1. The zero-order valence-electron chi connectivity index (χ0n) is 8.96. The van der Waals surface area contributed by atoms with Crippen molar-refractivity contribution in [3.8, 4) is 12.3 Å². The molecule has 0 aromatic carbocycles. The van der Waals surface area contributed by atoms with Crippen LogP contribution in [0, 0.1) is 18.3 Å². The van der Waals surface area contributed by atoms with E-state index in [4.69, 9.17) is 11.2 Å². The van der Waals surface area contributed by atoms with Crippen molar-refractivity contribution in [2.24, 2.45) is 5.92 Å². The van der Waals surface area contributed by atoms with Crippen LogP contribution in [0.3, 0.4) is 0 Å². The molecule has 14 heavy (non-hydrogen) atoms. The minimum atomic E-state index is -0.431. The Balaban J connectivity index is 2.21. The van der Waals surface area contributed by atoms with Crippen molar-refractivity contribution in [2.45, 2.75) is 45.3 Å². The second-order valence-corrected chi connectivity index (χ2v) is 4.68. The van der Waals surface area contributed by atoms with Crippen LogP contribution in [0.2, 0.25) is 0 Å². The molecule has 0 bridgehead atoms. The lowest BCUT2D eigenvalue weighted by Gasteiger charge is -2.33. The number of carbonyl (C=O) groups is 1. The highest BCUT2D eigenvalue weighted by atomic mass is 16.6. The summed E-state index contributed by atoms with van der Waals surface area (Å²) in [6, 6.07) is 0.200. The molecular formula is C11H17NO2. The maximum atomic E-state index is 11.3. The van der Waals surface area contributed by atoms with Crippen molar-refractivity contribution in [1.82, 2.24) is 5.32 Å². The van der Waals surface area contributed by atoms with Gasteiger partial charge < -0.3 is 10.1 Å². The molecule has 1 aliphatic carbocycles. The minimum Gasteiger partial charge on any atom is -0.444 e. The van der Waals surface area contributed by atoms with E-state index in [-0.39, 0.29) is 12.1 Å². The molecule has 0 aliphatic heterocycles. The van der Waals surface area contributed by atoms with E-state index in [1.807, 2.05) is 20.8 Å². The molecule has 0 spiro atoms. The van der Waals surface area contributed by atoms with Gasteiger partial charge in [-0.05, 0) is 33.6 Å². The quantitative estimate of drug-likeness (QED) is 0.649. The van der Waals surface area contributed by atoms with Gasteiger partial charge in [-0.15, -0.1) is 12.3 Å². The smallest absolute Gasteiger partial charge is 0.407 e. The Morgan fingerprint density at radius 1 is 1.50 bits per heavy atom. The Hall–Kier alpha value is -1.17. The van der Waals surface area contributed by atoms with Gasteiger partial charge in [-0.3, -0.25) is 0 Å². The topological polar surface area (TPSA) is 38.3 Å². The molecular weight excluding hydrogens is 178 g/mol. The zero-order valence-corrected chi connectivity index (χ0v) is 8.96. The van der Waals surface area contributed by atoms with Crippen LogP contribution in [0.1, 0.15) is 33.6 Å². The average molecular weight is 195 g/mol. The molecule has 0 radical (unpaired) electrons. The standard InChI is InChI=1S/C11H17NO2/c1-5-8-6-9(7-8)12-10(13)14-11(2,3)4/h1,8-9H,6-7H2,2-4H3,(H,12,13). The Labute approximate surface area is 85.2 Å². The van der Waals surface area contributed by atoms with Crippen molar-refractivity contribution in [3.63, 3.8) is 0 Å². The van der Waals surface area contributed by atoms with Gasteiger partial charge in [0.1, 0.15) is 5.60 Å². The SMILES string of the molecule is C#CC1CC(NC(=O)OC(C)(C)C)C1. The third kappa shape index (κ3) is 3.29. The molecule has 78 valence electrons. The summed E-state index contributed by atoms with van der Waals surface area (Å²) in [5.41, 5.74) is -0.431. The first-order valence-electron chi connectivity index (χ1n) is 4.86. The molecule has 0 aromatic rings. The number of rotatable bonds is 1. The maximum Gasteiger partial charge on any atom is 0.407 e. The number of hydrogen-bond acceptors (Lipinski definition) is 2. The molecule has 1 amide bonds. The lowest BCUT2D eigenvalue weighted by atomic mass is 9.81. The molecule has 1 saturated carbocycles. The number of nitrogens with one attached hydrogen (secondary N) is 1. The second-order valence-electron chi connectivity index (χ2n) is 4.68. The number of carbonyl (C=O) groups excluding carboxylic acids is 1. The summed E-state index contributed by atoms with van der Waals surface area (Å²) in [5, 5.41) is 2.78. The summed E-state index contributed by atoms with van der Waals surface area (Å²) in [7, 11) is 0. The Morgan fingerprint density at radius 2 is 2.07 bits per heavy atom. The molecule has 0 saturated heterocycles. The van der Waals surface area contributed by atoms with Crippen LogP contribution in [0.4, 0.5) is 4.79 Å². The molecule has 3 heteroatoms. The van der Waals surface area contributed by atoms with Crippen molar-refractivity contribution >= 4 is 6.09 Å². The highest BCUT2D eigenvalue weighted by Gasteiger charge is 2.30. The first-order chi connectivity index (χ1) is 6.40. The van der Waals surface area contributed by atoms with E-state index >= 15 is 0 Å². The number of terminal acetylenes is 1. The van der Waals surface area contributed by atoms with Gasteiger partial charge in [-0.1, -0.05) is 0 Å². The van der Waals surface area contributed by atoms with Gasteiger partial charge in [0, 0.05) is 12.0 Å². The maximum absolute atomic E-state index is 11.3. The van der Waals surface area contributed by atoms with Gasteiger partial charge in [0.2, 0.25) is 0 Å². The van der Waals surface area contributed by atoms with Crippen molar-refractivity contribution in [2.75, 3.05) is 0 Å². The van der Waals surface area contributed by atoms with Gasteiger partial charge in [-0.2, -0.15) is 0 Å². The summed E-state index contributed by atoms with van der Waals surface area (Å²) in [5.74, 6) is 2.99. The predicted molar refractivity (Wildman–Crippen MR) is 54.7 cm³/mol. The highest BCUT2D eigenvalue weighted by Crippen LogP contribution is 2.26. The van der Waals surface area contributed by atoms with Gasteiger partial charge in [0.25, 0.3) is 0 Å². The van der Waals surface area contributed by atoms with Crippen LogP contribution >= 0.6 is 0 Å². The fraction of sp³-hybridized carbons (Fsp3) is 0.727. The molecule has 3 nitrogen and oxygen atoms in total. The van der Waals surface area contributed by atoms with Crippen molar-refractivity contribution < 1.29 is 9.53 Å². The van der Waals surface area contributed by atoms with Crippen LogP contribution in [0.15, 0.2) is 0 Å². The minimum absolute atomic E-state index is 0.200. The van der Waals surface area contributed by atoms with E-state index in [1.165, 1.54) is 0 Å². The largest absolute Gasteiger partial charge is 0.444 e. The third-order valence-electron chi connectivity index (χ3n) is 2.09. The lowest BCUT2D eigenvalue weighted by molar-refractivity contribution is 0.0467. The lowest BCUT2D eigenvalue weighted by Crippen LogP contribution is -2.45. The molecule has 1 fully saturated rings. The van der Waals surface area contributed by atoms with Gasteiger partial charge in [0.15, 0.2) is 0 Å². The summed E-state index contributed by atoms with van der Waals surface area (Å²) in [4.78, 5) is 11.3. The summed E-state index contributed by atoms with van der Waals surface area (Å²) < 4.78 is 5.11. The summed E-state index contributed by atoms with van der Waals surface area (Å²) in [6.45, 7) is 5.53. The number of ether oxygens (including phenoxy) is 1. The molecule has 0 heterocycles. The van der Waals surface area contributed by atoms with Gasteiger partial charge >= 0.3 is 6.09 Å². The molecule has 0 atom stereocenters. The number of hydrogen-bond donors (Lipinski definition) is 1. The number of amides is 1. The summed E-state index contributed by atoms with van der Waals surface area (Å²) in [6.07, 6.45) is 6.63.